The Hall–Kier alpha value is -4.08. The maximum atomic E-state index is 12.4. The fourth-order valence-corrected chi connectivity index (χ4v) is 5.89. The number of phenolic OH excluding ortho intramolecular Hbond substituents is 1. The van der Waals surface area contributed by atoms with E-state index in [2.05, 4.69) is 15.3 Å². The first-order valence-electron chi connectivity index (χ1n) is 11.8. The van der Waals surface area contributed by atoms with Gasteiger partial charge in [-0.05, 0) is 52.7 Å². The van der Waals surface area contributed by atoms with Gasteiger partial charge in [-0.15, -0.1) is 11.3 Å². The van der Waals surface area contributed by atoms with E-state index in [1.54, 1.807) is 26.5 Å². The van der Waals surface area contributed by atoms with Gasteiger partial charge in [0.15, 0.2) is 15.8 Å². The molecule has 0 saturated heterocycles. The summed E-state index contributed by atoms with van der Waals surface area (Å²) >= 11 is 2.92. The van der Waals surface area contributed by atoms with Crippen molar-refractivity contribution in [3.63, 3.8) is 0 Å². The van der Waals surface area contributed by atoms with Crippen LogP contribution < -0.4 is 14.8 Å². The van der Waals surface area contributed by atoms with Crippen LogP contribution in [0.1, 0.15) is 11.1 Å². The van der Waals surface area contributed by atoms with Crippen LogP contribution in [0, 0.1) is 0 Å². The molecule has 7 nitrogen and oxygen atoms in total. The van der Waals surface area contributed by atoms with Gasteiger partial charge in [0.2, 0.25) is 5.91 Å². The molecule has 0 atom stereocenters. The highest BCUT2D eigenvalue weighted by molar-refractivity contribution is 8.01. The largest absolute Gasteiger partial charge is 0.507 e. The number of aliphatic imine (C=N–C) groups is 1. The molecule has 4 aromatic carbocycles. The van der Waals surface area contributed by atoms with Crippen molar-refractivity contribution in [2.45, 2.75) is 10.9 Å². The monoisotopic (exact) mass is 543 g/mol. The second-order valence-corrected chi connectivity index (χ2v) is 10.6. The van der Waals surface area contributed by atoms with Crippen molar-refractivity contribution in [2.24, 2.45) is 4.99 Å². The number of hydrogen-bond donors (Lipinski definition) is 2. The van der Waals surface area contributed by atoms with E-state index in [1.165, 1.54) is 23.1 Å². The first-order chi connectivity index (χ1) is 18.5. The quantitative estimate of drug-likeness (QED) is 0.167. The van der Waals surface area contributed by atoms with Gasteiger partial charge < -0.3 is 19.9 Å². The molecule has 0 bridgehead atoms. The third-order valence-electron chi connectivity index (χ3n) is 5.91. The molecule has 5 rings (SSSR count). The van der Waals surface area contributed by atoms with E-state index in [1.807, 2.05) is 66.7 Å². The average molecular weight is 544 g/mol. The molecule has 9 heteroatoms. The zero-order valence-electron chi connectivity index (χ0n) is 20.8. The second-order valence-electron chi connectivity index (χ2n) is 8.36. The maximum absolute atomic E-state index is 12.4. The minimum atomic E-state index is -0.0794. The minimum absolute atomic E-state index is 0.0794. The number of amides is 1. The molecule has 5 aromatic rings. The second kappa shape index (κ2) is 11.5. The zero-order valence-corrected chi connectivity index (χ0v) is 22.4. The summed E-state index contributed by atoms with van der Waals surface area (Å²) in [5.41, 5.74) is 3.22. The Morgan fingerprint density at radius 2 is 1.89 bits per heavy atom. The third-order valence-corrected chi connectivity index (χ3v) is 8.07. The predicted octanol–water partition coefficient (Wildman–Crippen LogP) is 6.33. The van der Waals surface area contributed by atoms with Crippen LogP contribution >= 0.6 is 23.1 Å². The number of benzene rings is 4. The Morgan fingerprint density at radius 1 is 1.05 bits per heavy atom. The number of carbonyl (C=O) groups is 1. The molecule has 38 heavy (non-hydrogen) atoms. The van der Waals surface area contributed by atoms with E-state index in [0.29, 0.717) is 23.6 Å². The van der Waals surface area contributed by atoms with Crippen molar-refractivity contribution < 1.29 is 19.4 Å². The summed E-state index contributed by atoms with van der Waals surface area (Å²) in [7, 11) is 3.17. The lowest BCUT2D eigenvalue weighted by Gasteiger charge is -2.10. The molecule has 0 aliphatic heterocycles. The molecule has 0 aliphatic rings. The summed E-state index contributed by atoms with van der Waals surface area (Å²) in [5.74, 6) is 1.65. The number of nitrogens with zero attached hydrogens (tertiary/aromatic N) is 2. The number of thiazole rings is 1. The van der Waals surface area contributed by atoms with Crippen LogP contribution in [-0.4, -0.2) is 42.2 Å². The molecule has 2 N–H and O–H groups in total. The van der Waals surface area contributed by atoms with Gasteiger partial charge in [0, 0.05) is 18.3 Å². The summed E-state index contributed by atoms with van der Waals surface area (Å²) < 4.78 is 12.4. The SMILES string of the molecule is COc1ccc(CNC(=O)CSc2nc3ccc(N=Cc4c(O)ccc5ccccc45)cc3s2)cc1OC. The summed E-state index contributed by atoms with van der Waals surface area (Å²) in [5, 5.41) is 15.3. The van der Waals surface area contributed by atoms with Gasteiger partial charge in [-0.3, -0.25) is 9.79 Å². The van der Waals surface area contributed by atoms with E-state index in [-0.39, 0.29) is 17.4 Å². The normalized spacial score (nSPS) is 11.3. The first-order valence-corrected chi connectivity index (χ1v) is 13.6. The number of carbonyl (C=O) groups excluding carboxylic acids is 1. The molecule has 0 saturated carbocycles. The standard InChI is InChI=1S/C29H25N3O4S2/c1-35-25-12-7-18(13-26(25)36-2)15-31-28(34)17-37-29-32-23-10-9-20(14-27(23)38-29)30-16-22-21-6-4-3-5-19(21)8-11-24(22)33/h3-14,16,33H,15,17H2,1-2H3,(H,31,34). The Kier molecular flexibility index (Phi) is 7.76. The molecule has 0 radical (unpaired) electrons. The molecule has 0 unspecified atom stereocenters. The number of aromatic nitrogens is 1. The molecular formula is C29H25N3O4S2. The molecule has 192 valence electrons. The fraction of sp³-hybridized carbons (Fsp3) is 0.138. The van der Waals surface area contributed by atoms with E-state index in [0.717, 1.165) is 36.6 Å². The summed E-state index contributed by atoms with van der Waals surface area (Å²) in [6, 6.07) is 22.8. The van der Waals surface area contributed by atoms with Gasteiger partial charge in [-0.25, -0.2) is 4.98 Å². The van der Waals surface area contributed by atoms with E-state index in [9.17, 15) is 9.90 Å². The summed E-state index contributed by atoms with van der Waals surface area (Å²) in [6.45, 7) is 0.396. The number of methoxy groups -OCH3 is 2. The predicted molar refractivity (Wildman–Crippen MR) is 155 cm³/mol. The lowest BCUT2D eigenvalue weighted by atomic mass is 10.0. The van der Waals surface area contributed by atoms with Crippen LogP contribution in [0.25, 0.3) is 21.0 Å². The Morgan fingerprint density at radius 3 is 2.74 bits per heavy atom. The van der Waals surface area contributed by atoms with Crippen LogP contribution in [0.15, 0.2) is 82.1 Å². The lowest BCUT2D eigenvalue weighted by molar-refractivity contribution is -0.118. The Balaban J connectivity index is 1.22. The number of thioether (sulfide) groups is 1. The highest BCUT2D eigenvalue weighted by Gasteiger charge is 2.10. The fourth-order valence-electron chi connectivity index (χ4n) is 3.96. The lowest BCUT2D eigenvalue weighted by Crippen LogP contribution is -2.24. The summed E-state index contributed by atoms with van der Waals surface area (Å²) in [4.78, 5) is 21.7. The molecule has 1 heterocycles. The molecular weight excluding hydrogens is 518 g/mol. The van der Waals surface area contributed by atoms with Crippen molar-refractivity contribution in [1.29, 1.82) is 0 Å². The molecule has 0 aliphatic carbocycles. The van der Waals surface area contributed by atoms with Crippen LogP contribution in [0.4, 0.5) is 5.69 Å². The van der Waals surface area contributed by atoms with Gasteiger partial charge in [0.05, 0.1) is 35.9 Å². The topological polar surface area (TPSA) is 93.0 Å². The number of aromatic hydroxyl groups is 1. The van der Waals surface area contributed by atoms with Crippen LogP contribution in [0.3, 0.4) is 0 Å². The average Bonchev–Trinajstić information content (AvgIpc) is 3.36. The van der Waals surface area contributed by atoms with Gasteiger partial charge in [0.25, 0.3) is 0 Å². The Labute approximate surface area is 228 Å². The highest BCUT2D eigenvalue weighted by atomic mass is 32.2. The molecule has 0 spiro atoms. The zero-order chi connectivity index (χ0) is 26.5. The van der Waals surface area contributed by atoms with Gasteiger partial charge >= 0.3 is 0 Å². The first kappa shape index (κ1) is 25.6. The third kappa shape index (κ3) is 5.74. The number of rotatable bonds is 9. The smallest absolute Gasteiger partial charge is 0.230 e. The molecule has 1 aromatic heterocycles. The van der Waals surface area contributed by atoms with Crippen LogP contribution in [0.5, 0.6) is 17.2 Å². The van der Waals surface area contributed by atoms with E-state index in [4.69, 9.17) is 9.47 Å². The number of ether oxygens (including phenoxy) is 2. The van der Waals surface area contributed by atoms with Crippen molar-refractivity contribution in [3.05, 3.63) is 83.9 Å². The van der Waals surface area contributed by atoms with Gasteiger partial charge in [-0.1, -0.05) is 48.2 Å². The Bertz CT molecular complexity index is 1650. The van der Waals surface area contributed by atoms with E-state index >= 15 is 0 Å². The molecule has 0 fully saturated rings. The maximum Gasteiger partial charge on any atom is 0.230 e. The van der Waals surface area contributed by atoms with E-state index < -0.39 is 0 Å². The summed E-state index contributed by atoms with van der Waals surface area (Å²) in [6.07, 6.45) is 1.69. The van der Waals surface area contributed by atoms with Gasteiger partial charge in [0.1, 0.15) is 5.75 Å². The number of hydrogen-bond acceptors (Lipinski definition) is 8. The van der Waals surface area contributed by atoms with Crippen molar-refractivity contribution in [3.8, 4) is 17.2 Å². The van der Waals surface area contributed by atoms with Crippen molar-refractivity contribution >= 4 is 61.9 Å². The van der Waals surface area contributed by atoms with Crippen LogP contribution in [-0.2, 0) is 11.3 Å². The molecule has 1 amide bonds. The van der Waals surface area contributed by atoms with Crippen LogP contribution in [0.2, 0.25) is 0 Å². The number of nitrogens with one attached hydrogen (secondary N) is 1. The number of phenols is 1. The van der Waals surface area contributed by atoms with Crippen molar-refractivity contribution in [2.75, 3.05) is 20.0 Å². The van der Waals surface area contributed by atoms with Gasteiger partial charge in [-0.2, -0.15) is 0 Å². The highest BCUT2D eigenvalue weighted by Crippen LogP contribution is 2.33. The van der Waals surface area contributed by atoms with Crippen molar-refractivity contribution in [1.82, 2.24) is 10.3 Å². The number of fused-ring (bicyclic) bond motifs is 2. The minimum Gasteiger partial charge on any atom is -0.507 e.